The molecule has 0 aromatic carbocycles. The fourth-order valence-electron chi connectivity index (χ4n) is 0.414. The van der Waals surface area contributed by atoms with Crippen LogP contribution in [0, 0.1) is 12.3 Å². The first-order chi connectivity index (χ1) is 4.22. The van der Waals surface area contributed by atoms with Gasteiger partial charge in [-0.2, -0.15) is 5.92 Å². The van der Waals surface area contributed by atoms with Gasteiger partial charge in [-0.1, -0.05) is 0 Å². The van der Waals surface area contributed by atoms with Crippen LogP contribution in [0.5, 0.6) is 0 Å². The van der Waals surface area contributed by atoms with Gasteiger partial charge in [0.15, 0.2) is 0 Å². The highest BCUT2D eigenvalue weighted by Crippen LogP contribution is 1.76. The third-order valence-corrected chi connectivity index (χ3v) is 0.794. The molecule has 0 fully saturated rings. The van der Waals surface area contributed by atoms with E-state index in [0.717, 1.165) is 0 Å². The van der Waals surface area contributed by atoms with E-state index in [1.165, 1.54) is 0 Å². The van der Waals surface area contributed by atoms with Crippen LogP contribution in [-0.4, -0.2) is 31.2 Å². The largest absolute Gasteiger partial charge is 0.524 e. The highest BCUT2D eigenvalue weighted by Gasteiger charge is 1.89. The number of rotatable bonds is 1. The summed E-state index contributed by atoms with van der Waals surface area (Å²) in [5, 5.41) is 0. The van der Waals surface area contributed by atoms with Crippen molar-refractivity contribution in [3.05, 3.63) is 6.42 Å². The minimum absolute atomic E-state index is 0.470. The molecule has 0 saturated heterocycles. The first kappa shape index (κ1) is 8.03. The minimum atomic E-state index is 0.470. The van der Waals surface area contributed by atoms with Gasteiger partial charge >= 0.3 is 0 Å². The van der Waals surface area contributed by atoms with Crippen molar-refractivity contribution in [2.45, 2.75) is 6.92 Å². The van der Waals surface area contributed by atoms with Crippen molar-refractivity contribution in [1.29, 1.82) is 0 Å². The molecule has 0 atom stereocenters. The molecule has 0 amide bonds. The van der Waals surface area contributed by atoms with Crippen LogP contribution in [-0.2, 0) is 4.74 Å². The van der Waals surface area contributed by atoms with Gasteiger partial charge in [0, 0.05) is 0 Å². The second kappa shape index (κ2) is 3.96. The topological polar surface area (TPSA) is 12.2 Å². The lowest BCUT2D eigenvalue weighted by Gasteiger charge is -2.04. The lowest BCUT2D eigenvalue weighted by atomic mass is 10.6. The molecule has 0 aliphatic carbocycles. The van der Waals surface area contributed by atoms with Crippen molar-refractivity contribution in [2.24, 2.45) is 0 Å². The summed E-state index contributed by atoms with van der Waals surface area (Å²) >= 11 is 0. The molecular formula is C7H11NO. The first-order valence-electron chi connectivity index (χ1n) is 2.82. The number of ether oxygens (including phenoxy) is 1. The quantitative estimate of drug-likeness (QED) is 0.161. The lowest BCUT2D eigenvalue weighted by molar-refractivity contribution is -0.472. The molecule has 0 spiro atoms. The zero-order valence-corrected chi connectivity index (χ0v) is 6.06. The summed E-state index contributed by atoms with van der Waals surface area (Å²) in [5.74, 6) is 2.64. The van der Waals surface area contributed by atoms with Gasteiger partial charge in [0.25, 0.3) is 5.90 Å². The molecule has 50 valence electrons. The molecule has 0 N–H and O–H groups in total. The van der Waals surface area contributed by atoms with Crippen molar-refractivity contribution in [2.75, 3.05) is 20.7 Å². The molecule has 9 heavy (non-hydrogen) atoms. The number of hydrogen-bond acceptors (Lipinski definition) is 1. The molecule has 2 nitrogen and oxygen atoms in total. The summed E-state index contributed by atoms with van der Waals surface area (Å²) in [5.41, 5.74) is 0. The fraction of sp³-hybridized carbons (Fsp3) is 0.571. The van der Waals surface area contributed by atoms with Crippen LogP contribution in [0.15, 0.2) is 0 Å². The Morgan fingerprint density at radius 3 is 2.33 bits per heavy atom. The van der Waals surface area contributed by atoms with E-state index in [1.807, 2.05) is 21.0 Å². The third kappa shape index (κ3) is 2.76. The Bertz CT molecular complexity index is 149. The van der Waals surface area contributed by atoms with Crippen LogP contribution in [0.2, 0.25) is 0 Å². The molecule has 0 aliphatic rings. The average molecular weight is 125 g/mol. The summed E-state index contributed by atoms with van der Waals surface area (Å²) in [7, 11) is 3.62. The Hall–Kier alpha value is -0.970. The average Bonchev–Trinajstić information content (AvgIpc) is 1.82. The molecule has 0 aromatic heterocycles. The molecule has 0 heterocycles. The Labute approximate surface area is 56.1 Å². The Kier molecular flexibility index (Phi) is 3.54. The third-order valence-electron chi connectivity index (χ3n) is 0.794. The number of hydrogen-bond donors (Lipinski definition) is 0. The standard InChI is InChI=1S/C7H11NO/c1-5-7(8(3)4)9-6-2/h6H2,2-4H3. The van der Waals surface area contributed by atoms with Crippen molar-refractivity contribution in [1.82, 2.24) is 0 Å². The van der Waals surface area contributed by atoms with Crippen molar-refractivity contribution in [3.63, 3.8) is 0 Å². The van der Waals surface area contributed by atoms with Crippen molar-refractivity contribution < 1.29 is 9.31 Å². The predicted octanol–water partition coefficient (Wildman–Crippen LogP) is 0.283. The van der Waals surface area contributed by atoms with Crippen LogP contribution in [0.3, 0.4) is 0 Å². The van der Waals surface area contributed by atoms with E-state index in [9.17, 15) is 0 Å². The molecule has 2 heteroatoms. The van der Waals surface area contributed by atoms with Gasteiger partial charge in [-0.25, -0.2) is 0 Å². The van der Waals surface area contributed by atoms with E-state index in [-0.39, 0.29) is 0 Å². The Morgan fingerprint density at radius 2 is 2.22 bits per heavy atom. The smallest absolute Gasteiger partial charge is 0.260 e. The second-order valence-corrected chi connectivity index (χ2v) is 1.76. The summed E-state index contributed by atoms with van der Waals surface area (Å²) in [6, 6.07) is 0. The van der Waals surface area contributed by atoms with Gasteiger partial charge in [-0.15, -0.1) is 0 Å². The monoisotopic (exact) mass is 125 g/mol. The summed E-state index contributed by atoms with van der Waals surface area (Å²) in [6.07, 6.45) is 6.74. The van der Waals surface area contributed by atoms with E-state index in [2.05, 4.69) is 5.92 Å². The molecule has 0 bridgehead atoms. The minimum Gasteiger partial charge on any atom is -0.524 e. The summed E-state index contributed by atoms with van der Waals surface area (Å²) < 4.78 is 6.70. The number of nitrogens with zero attached hydrogens (tertiary/aromatic N) is 1. The Morgan fingerprint density at radius 1 is 1.67 bits per heavy atom. The van der Waals surface area contributed by atoms with Crippen LogP contribution >= 0.6 is 0 Å². The van der Waals surface area contributed by atoms with Gasteiger partial charge in [-0.3, -0.25) is 4.58 Å². The summed E-state index contributed by atoms with van der Waals surface area (Å²) in [6.45, 7) is 2.46. The Balaban J connectivity index is 4.04. The van der Waals surface area contributed by atoms with Crippen LogP contribution < -0.4 is 0 Å². The highest BCUT2D eigenvalue weighted by atomic mass is 16.5. The van der Waals surface area contributed by atoms with E-state index in [4.69, 9.17) is 11.2 Å². The fourth-order valence-corrected chi connectivity index (χ4v) is 0.414. The van der Waals surface area contributed by atoms with Crippen LogP contribution in [0.1, 0.15) is 6.92 Å². The normalized spacial score (nSPS) is 7.78. The van der Waals surface area contributed by atoms with Gasteiger partial charge in [0.2, 0.25) is 0 Å². The maximum absolute atomic E-state index is 6.74. The van der Waals surface area contributed by atoms with E-state index < -0.39 is 0 Å². The zero-order valence-electron chi connectivity index (χ0n) is 6.06. The van der Waals surface area contributed by atoms with E-state index in [1.54, 1.807) is 4.58 Å². The maximum atomic E-state index is 6.74. The molecule has 0 aliphatic heterocycles. The predicted molar refractivity (Wildman–Crippen MR) is 35.9 cm³/mol. The molecule has 0 aromatic rings. The molecule has 0 unspecified atom stereocenters. The highest BCUT2D eigenvalue weighted by molar-refractivity contribution is 5.87. The summed E-state index contributed by atoms with van der Waals surface area (Å²) in [4.78, 5) is 0. The van der Waals surface area contributed by atoms with E-state index >= 15 is 0 Å². The van der Waals surface area contributed by atoms with Crippen molar-refractivity contribution >= 4 is 5.90 Å². The molecule has 0 rings (SSSR count). The van der Waals surface area contributed by atoms with Gasteiger partial charge in [0.05, 0.1) is 6.61 Å². The lowest BCUT2D eigenvalue weighted by Crippen LogP contribution is -2.14. The van der Waals surface area contributed by atoms with Gasteiger partial charge < -0.3 is 11.2 Å². The maximum Gasteiger partial charge on any atom is 0.260 e. The van der Waals surface area contributed by atoms with Gasteiger partial charge in [-0.05, 0) is 6.92 Å². The first-order valence-corrected chi connectivity index (χ1v) is 2.82. The van der Waals surface area contributed by atoms with Crippen LogP contribution in [0.25, 0.3) is 0 Å². The molecular weight excluding hydrogens is 114 g/mol. The second-order valence-electron chi connectivity index (χ2n) is 1.76. The van der Waals surface area contributed by atoms with Crippen LogP contribution in [0.4, 0.5) is 0 Å². The van der Waals surface area contributed by atoms with Crippen molar-refractivity contribution in [3.8, 4) is 5.92 Å². The van der Waals surface area contributed by atoms with E-state index in [0.29, 0.717) is 12.5 Å². The van der Waals surface area contributed by atoms with Gasteiger partial charge in [0.1, 0.15) is 14.1 Å². The molecule has 0 radical (unpaired) electrons. The zero-order chi connectivity index (χ0) is 7.28. The SMILES string of the molecule is [C-]#CC(OCC)=[N+](C)C. The molecule has 0 saturated carbocycles.